The summed E-state index contributed by atoms with van der Waals surface area (Å²) < 4.78 is 10.9. The molecule has 2 aromatic carbocycles. The average molecular weight is 439 g/mol. The van der Waals surface area contributed by atoms with Crippen LogP contribution in [-0.4, -0.2) is 29.6 Å². The van der Waals surface area contributed by atoms with Crippen molar-refractivity contribution in [3.8, 4) is 5.75 Å². The highest BCUT2D eigenvalue weighted by Crippen LogP contribution is 2.36. The largest absolute Gasteiger partial charge is 0.487 e. The molecule has 2 aromatic rings. The molecule has 2 N–H and O–H groups in total. The molecule has 1 unspecified atom stereocenters. The van der Waals surface area contributed by atoms with Crippen molar-refractivity contribution in [3.63, 3.8) is 0 Å². The number of esters is 1. The number of nitro groups is 1. The number of hydrogen-bond acceptors (Lipinski definition) is 6. The van der Waals surface area contributed by atoms with E-state index in [1.807, 2.05) is 13.0 Å². The normalized spacial score (nSPS) is 15.8. The summed E-state index contributed by atoms with van der Waals surface area (Å²) in [6.45, 7) is 5.66. The second-order valence-electron chi connectivity index (χ2n) is 7.47. The minimum atomic E-state index is -0.955. The Hall–Kier alpha value is -3.88. The second kappa shape index (κ2) is 9.95. The zero-order valence-corrected chi connectivity index (χ0v) is 18.1. The first kappa shape index (κ1) is 22.8. The van der Waals surface area contributed by atoms with Gasteiger partial charge in [0.05, 0.1) is 34.9 Å². The maximum Gasteiger partial charge on any atom is 0.338 e. The van der Waals surface area contributed by atoms with Gasteiger partial charge in [0.2, 0.25) is 0 Å². The van der Waals surface area contributed by atoms with E-state index >= 15 is 0 Å². The Morgan fingerprint density at radius 2 is 1.91 bits per heavy atom. The molecule has 32 heavy (non-hydrogen) atoms. The summed E-state index contributed by atoms with van der Waals surface area (Å²) in [6, 6.07) is 11.8. The van der Waals surface area contributed by atoms with Crippen LogP contribution in [0.1, 0.15) is 44.4 Å². The fourth-order valence-corrected chi connectivity index (χ4v) is 3.34. The fraction of sp³-hybridized carbons (Fsp3) is 0.304. The summed E-state index contributed by atoms with van der Waals surface area (Å²) >= 11 is 0. The van der Waals surface area contributed by atoms with Crippen molar-refractivity contribution < 1.29 is 24.0 Å². The smallest absolute Gasteiger partial charge is 0.338 e. The van der Waals surface area contributed by atoms with E-state index in [1.165, 1.54) is 12.1 Å². The molecule has 0 radical (unpaired) electrons. The molecule has 9 nitrogen and oxygen atoms in total. The number of nitrogens with zero attached hydrogens (tertiary/aromatic N) is 1. The maximum atomic E-state index is 13.1. The predicted octanol–water partition coefficient (Wildman–Crippen LogP) is 4.10. The molecule has 1 aliphatic rings. The number of nitrogens with one attached hydrogen (secondary N) is 2. The monoisotopic (exact) mass is 439 g/mol. The highest BCUT2D eigenvalue weighted by molar-refractivity contribution is 6.04. The van der Waals surface area contributed by atoms with Gasteiger partial charge in [0.15, 0.2) is 5.75 Å². The SMILES string of the molecule is CCCOc1ccc(C2NC(=O)NC(c3ccccc3)=C2C(=O)OC(C)C)cc1[N+](=O)[O-]. The van der Waals surface area contributed by atoms with Crippen LogP contribution in [0.5, 0.6) is 5.75 Å². The van der Waals surface area contributed by atoms with Gasteiger partial charge >= 0.3 is 17.7 Å². The summed E-state index contributed by atoms with van der Waals surface area (Å²) in [5.74, 6) is -0.509. The van der Waals surface area contributed by atoms with Crippen LogP contribution >= 0.6 is 0 Å². The maximum absolute atomic E-state index is 13.1. The van der Waals surface area contributed by atoms with E-state index in [9.17, 15) is 19.7 Å². The Labute approximate surface area is 185 Å². The van der Waals surface area contributed by atoms with Crippen molar-refractivity contribution in [1.29, 1.82) is 0 Å². The summed E-state index contributed by atoms with van der Waals surface area (Å²) in [5, 5.41) is 17.0. The minimum absolute atomic E-state index is 0.124. The van der Waals surface area contributed by atoms with Crippen molar-refractivity contribution in [2.45, 2.75) is 39.3 Å². The third-order valence-electron chi connectivity index (χ3n) is 4.67. The minimum Gasteiger partial charge on any atom is -0.487 e. The van der Waals surface area contributed by atoms with Crippen molar-refractivity contribution in [1.82, 2.24) is 10.6 Å². The first-order valence-corrected chi connectivity index (χ1v) is 10.3. The molecule has 1 atom stereocenters. The van der Waals surface area contributed by atoms with E-state index in [1.54, 1.807) is 44.2 Å². The quantitative estimate of drug-likeness (QED) is 0.363. The molecular formula is C23H25N3O6. The Kier molecular flexibility index (Phi) is 7.09. The van der Waals surface area contributed by atoms with Gasteiger partial charge in [-0.2, -0.15) is 0 Å². The van der Waals surface area contributed by atoms with E-state index in [2.05, 4.69) is 10.6 Å². The third-order valence-corrected chi connectivity index (χ3v) is 4.67. The average Bonchev–Trinajstić information content (AvgIpc) is 2.77. The topological polar surface area (TPSA) is 120 Å². The molecule has 2 amide bonds. The van der Waals surface area contributed by atoms with Crippen molar-refractivity contribution in [3.05, 3.63) is 75.3 Å². The number of nitro benzene ring substituents is 1. The van der Waals surface area contributed by atoms with Crippen LogP contribution in [0, 0.1) is 10.1 Å². The summed E-state index contributed by atoms with van der Waals surface area (Å²) in [5.41, 5.74) is 1.17. The number of ether oxygens (including phenoxy) is 2. The number of urea groups is 1. The van der Waals surface area contributed by atoms with E-state index in [0.717, 1.165) is 0 Å². The van der Waals surface area contributed by atoms with Gasteiger partial charge in [-0.3, -0.25) is 10.1 Å². The Morgan fingerprint density at radius 3 is 2.53 bits per heavy atom. The van der Waals surface area contributed by atoms with Gasteiger partial charge in [0.25, 0.3) is 0 Å². The number of rotatable bonds is 8. The van der Waals surface area contributed by atoms with Gasteiger partial charge in [-0.15, -0.1) is 0 Å². The molecule has 0 spiro atoms. The van der Waals surface area contributed by atoms with Gasteiger partial charge in [-0.05, 0) is 37.5 Å². The lowest BCUT2D eigenvalue weighted by Crippen LogP contribution is -2.45. The van der Waals surface area contributed by atoms with Crippen LogP contribution in [0.2, 0.25) is 0 Å². The third kappa shape index (κ3) is 5.05. The number of amides is 2. The number of carbonyl (C=O) groups excluding carboxylic acids is 2. The van der Waals surface area contributed by atoms with Crippen LogP contribution < -0.4 is 15.4 Å². The van der Waals surface area contributed by atoms with Crippen molar-refractivity contribution >= 4 is 23.4 Å². The Balaban J connectivity index is 2.16. The van der Waals surface area contributed by atoms with Crippen LogP contribution in [-0.2, 0) is 9.53 Å². The van der Waals surface area contributed by atoms with E-state index in [0.29, 0.717) is 29.9 Å². The summed E-state index contributed by atoms with van der Waals surface area (Å²) in [7, 11) is 0. The molecule has 0 bridgehead atoms. The first-order valence-electron chi connectivity index (χ1n) is 10.3. The lowest BCUT2D eigenvalue weighted by atomic mass is 9.92. The van der Waals surface area contributed by atoms with E-state index < -0.39 is 29.1 Å². The molecule has 0 aromatic heterocycles. The lowest BCUT2D eigenvalue weighted by Gasteiger charge is -2.30. The van der Waals surface area contributed by atoms with Crippen LogP contribution in [0.3, 0.4) is 0 Å². The van der Waals surface area contributed by atoms with Crippen LogP contribution in [0.25, 0.3) is 5.70 Å². The van der Waals surface area contributed by atoms with E-state index in [4.69, 9.17) is 9.47 Å². The molecule has 168 valence electrons. The zero-order chi connectivity index (χ0) is 23.3. The standard InChI is InChI=1S/C23H25N3O6/c1-4-12-31-18-11-10-16(13-17(18)26(29)30)21-19(22(27)32-14(2)3)20(24-23(28)25-21)15-8-6-5-7-9-15/h5-11,13-14,21H,4,12H2,1-3H3,(H2,24,25,28). The highest BCUT2D eigenvalue weighted by Gasteiger charge is 2.36. The van der Waals surface area contributed by atoms with Crippen molar-refractivity contribution in [2.75, 3.05) is 6.61 Å². The number of benzene rings is 2. The van der Waals surface area contributed by atoms with Gasteiger partial charge in [-0.25, -0.2) is 9.59 Å². The first-order chi connectivity index (χ1) is 15.3. The van der Waals surface area contributed by atoms with Gasteiger partial charge < -0.3 is 20.1 Å². The molecule has 0 saturated carbocycles. The number of carbonyl (C=O) groups is 2. The van der Waals surface area contributed by atoms with Crippen LogP contribution in [0.15, 0.2) is 54.1 Å². The zero-order valence-electron chi connectivity index (χ0n) is 18.1. The van der Waals surface area contributed by atoms with Crippen molar-refractivity contribution in [2.24, 2.45) is 0 Å². The van der Waals surface area contributed by atoms with Crippen LogP contribution in [0.4, 0.5) is 10.5 Å². The molecular weight excluding hydrogens is 414 g/mol. The fourth-order valence-electron chi connectivity index (χ4n) is 3.34. The molecule has 3 rings (SSSR count). The molecule has 0 saturated heterocycles. The molecule has 9 heteroatoms. The van der Waals surface area contributed by atoms with E-state index in [-0.39, 0.29) is 17.0 Å². The van der Waals surface area contributed by atoms with Gasteiger partial charge in [0.1, 0.15) is 0 Å². The molecule has 0 aliphatic carbocycles. The molecule has 1 aliphatic heterocycles. The summed E-state index contributed by atoms with van der Waals surface area (Å²) in [4.78, 5) is 36.7. The Bertz CT molecular complexity index is 1050. The lowest BCUT2D eigenvalue weighted by molar-refractivity contribution is -0.385. The molecule has 1 heterocycles. The highest BCUT2D eigenvalue weighted by atomic mass is 16.6. The predicted molar refractivity (Wildman–Crippen MR) is 118 cm³/mol. The van der Waals surface area contributed by atoms with Gasteiger partial charge in [-0.1, -0.05) is 43.3 Å². The van der Waals surface area contributed by atoms with Gasteiger partial charge in [0, 0.05) is 6.07 Å². The number of hydrogen-bond donors (Lipinski definition) is 2. The second-order valence-corrected chi connectivity index (χ2v) is 7.47. The summed E-state index contributed by atoms with van der Waals surface area (Å²) in [6.07, 6.45) is 0.293. The molecule has 0 fully saturated rings. The Morgan fingerprint density at radius 1 is 1.19 bits per heavy atom.